The van der Waals surface area contributed by atoms with Gasteiger partial charge < -0.3 is 10.8 Å². The molecular formula is C15H20N2O3. The van der Waals surface area contributed by atoms with E-state index >= 15 is 0 Å². The van der Waals surface area contributed by atoms with Gasteiger partial charge in [-0.05, 0) is 49.1 Å². The number of hydrogen-bond acceptors (Lipinski definition) is 3. The van der Waals surface area contributed by atoms with Crippen molar-refractivity contribution in [2.24, 2.45) is 11.7 Å². The smallest absolute Gasteiger partial charge is 0.321 e. The number of nitrogens with zero attached hydrogens (tertiary/aromatic N) is 1. The molecular weight excluding hydrogens is 256 g/mol. The first kappa shape index (κ1) is 14.5. The maximum absolute atomic E-state index is 11.3. The average molecular weight is 276 g/mol. The van der Waals surface area contributed by atoms with Gasteiger partial charge in [-0.2, -0.15) is 0 Å². The Morgan fingerprint density at radius 3 is 2.70 bits per heavy atom. The normalized spacial score (nSPS) is 22.9. The molecule has 2 atom stereocenters. The summed E-state index contributed by atoms with van der Waals surface area (Å²) in [5.41, 5.74) is 7.73. The van der Waals surface area contributed by atoms with Crippen LogP contribution in [0.3, 0.4) is 0 Å². The van der Waals surface area contributed by atoms with Crippen LogP contribution in [-0.4, -0.2) is 34.5 Å². The lowest BCUT2D eigenvalue weighted by atomic mass is 10.0. The molecule has 0 bridgehead atoms. The van der Waals surface area contributed by atoms with Gasteiger partial charge >= 0.3 is 5.97 Å². The van der Waals surface area contributed by atoms with E-state index < -0.39 is 17.9 Å². The first-order valence-electron chi connectivity index (χ1n) is 6.76. The number of benzene rings is 1. The first-order valence-corrected chi connectivity index (χ1v) is 6.76. The lowest BCUT2D eigenvalue weighted by Crippen LogP contribution is -2.38. The molecule has 20 heavy (non-hydrogen) atoms. The molecule has 5 heteroatoms. The van der Waals surface area contributed by atoms with E-state index in [9.17, 15) is 14.7 Å². The molecule has 1 aromatic carbocycles. The highest BCUT2D eigenvalue weighted by Gasteiger charge is 2.36. The van der Waals surface area contributed by atoms with Gasteiger partial charge in [-0.15, -0.1) is 0 Å². The predicted molar refractivity (Wildman–Crippen MR) is 75.3 cm³/mol. The summed E-state index contributed by atoms with van der Waals surface area (Å²) in [5.74, 6) is -1.04. The third-order valence-corrected chi connectivity index (χ3v) is 4.06. The Kier molecular flexibility index (Phi) is 4.09. The van der Waals surface area contributed by atoms with Crippen LogP contribution in [0, 0.1) is 12.8 Å². The fraction of sp³-hybridized carbons (Fsp3) is 0.467. The second-order valence-electron chi connectivity index (χ2n) is 5.53. The Hall–Kier alpha value is -1.88. The lowest BCUT2D eigenvalue weighted by molar-refractivity contribution is -0.143. The van der Waals surface area contributed by atoms with Crippen LogP contribution in [0.5, 0.6) is 0 Å². The molecule has 0 saturated carbocycles. The zero-order valence-corrected chi connectivity index (χ0v) is 11.8. The third kappa shape index (κ3) is 2.82. The monoisotopic (exact) mass is 276 g/mol. The topological polar surface area (TPSA) is 83.6 Å². The molecule has 2 rings (SSSR count). The van der Waals surface area contributed by atoms with E-state index in [4.69, 9.17) is 5.73 Å². The first-order chi connectivity index (χ1) is 9.40. The minimum atomic E-state index is -0.763. The van der Waals surface area contributed by atoms with Crippen molar-refractivity contribution in [2.45, 2.75) is 32.9 Å². The van der Waals surface area contributed by atoms with Gasteiger partial charge in [-0.1, -0.05) is 13.0 Å². The fourth-order valence-corrected chi connectivity index (χ4v) is 2.85. The van der Waals surface area contributed by atoms with E-state index in [1.807, 2.05) is 24.8 Å². The molecule has 3 N–H and O–H groups in total. The Labute approximate surface area is 118 Å². The molecule has 0 spiro atoms. The number of carboxylic acids is 1. The van der Waals surface area contributed by atoms with E-state index in [-0.39, 0.29) is 5.92 Å². The van der Waals surface area contributed by atoms with Crippen molar-refractivity contribution in [3.8, 4) is 0 Å². The number of carboxylic acid groups (broad SMARTS) is 1. The van der Waals surface area contributed by atoms with Crippen LogP contribution < -0.4 is 5.73 Å². The summed E-state index contributed by atoms with van der Waals surface area (Å²) < 4.78 is 0. The number of hydrogen-bond donors (Lipinski definition) is 2. The summed E-state index contributed by atoms with van der Waals surface area (Å²) in [5, 5.41) is 9.32. The quantitative estimate of drug-likeness (QED) is 0.870. The Morgan fingerprint density at radius 1 is 1.45 bits per heavy atom. The number of carbonyl (C=O) groups is 2. The fourth-order valence-electron chi connectivity index (χ4n) is 2.85. The van der Waals surface area contributed by atoms with E-state index in [1.165, 1.54) is 0 Å². The van der Waals surface area contributed by atoms with E-state index in [0.717, 1.165) is 24.1 Å². The summed E-state index contributed by atoms with van der Waals surface area (Å²) in [6, 6.07) is 4.88. The van der Waals surface area contributed by atoms with Gasteiger partial charge in [0, 0.05) is 12.1 Å². The molecule has 0 aromatic heterocycles. The van der Waals surface area contributed by atoms with E-state index in [1.54, 1.807) is 12.1 Å². The van der Waals surface area contributed by atoms with Crippen molar-refractivity contribution >= 4 is 11.9 Å². The Bertz CT molecular complexity index is 542. The highest BCUT2D eigenvalue weighted by molar-refractivity contribution is 5.93. The second kappa shape index (κ2) is 5.63. The number of primary amides is 1. The molecule has 1 aliphatic heterocycles. The van der Waals surface area contributed by atoms with Gasteiger partial charge in [0.1, 0.15) is 6.04 Å². The van der Waals surface area contributed by atoms with Gasteiger partial charge in [-0.3, -0.25) is 14.5 Å². The number of aliphatic carboxylic acids is 1. The highest BCUT2D eigenvalue weighted by Crippen LogP contribution is 2.26. The Morgan fingerprint density at radius 2 is 2.15 bits per heavy atom. The molecule has 2 unspecified atom stereocenters. The van der Waals surface area contributed by atoms with Crippen LogP contribution in [0.2, 0.25) is 0 Å². The summed E-state index contributed by atoms with van der Waals surface area (Å²) in [7, 11) is 0. The average Bonchev–Trinajstić information content (AvgIpc) is 2.72. The van der Waals surface area contributed by atoms with Gasteiger partial charge in [0.15, 0.2) is 0 Å². The molecule has 1 heterocycles. The summed E-state index contributed by atoms with van der Waals surface area (Å²) in [4.78, 5) is 24.5. The standard InChI is InChI=1S/C15H20N2O3/c1-9-5-6-17(13(9)15(19)20)8-12-4-3-11(14(16)18)7-10(12)2/h3-4,7,9,13H,5-6,8H2,1-2H3,(H2,16,18)(H,19,20). The molecule has 1 saturated heterocycles. The minimum absolute atomic E-state index is 0.165. The zero-order chi connectivity index (χ0) is 14.9. The Balaban J connectivity index is 2.18. The van der Waals surface area contributed by atoms with Crippen LogP contribution in [0.15, 0.2) is 18.2 Å². The maximum Gasteiger partial charge on any atom is 0.321 e. The third-order valence-electron chi connectivity index (χ3n) is 4.06. The molecule has 1 aromatic rings. The van der Waals surface area contributed by atoms with Crippen LogP contribution in [0.1, 0.15) is 34.8 Å². The van der Waals surface area contributed by atoms with E-state index in [2.05, 4.69) is 0 Å². The molecule has 5 nitrogen and oxygen atoms in total. The van der Waals surface area contributed by atoms with Crippen molar-refractivity contribution in [3.63, 3.8) is 0 Å². The van der Waals surface area contributed by atoms with E-state index in [0.29, 0.717) is 12.1 Å². The number of carbonyl (C=O) groups excluding carboxylic acids is 1. The van der Waals surface area contributed by atoms with Crippen LogP contribution in [0.25, 0.3) is 0 Å². The van der Waals surface area contributed by atoms with Crippen molar-refractivity contribution in [3.05, 3.63) is 34.9 Å². The molecule has 108 valence electrons. The van der Waals surface area contributed by atoms with Crippen molar-refractivity contribution in [2.75, 3.05) is 6.54 Å². The van der Waals surface area contributed by atoms with Crippen LogP contribution in [0.4, 0.5) is 0 Å². The lowest BCUT2D eigenvalue weighted by Gasteiger charge is -2.24. The second-order valence-corrected chi connectivity index (χ2v) is 5.53. The number of amides is 1. The largest absolute Gasteiger partial charge is 0.480 e. The molecule has 0 aliphatic carbocycles. The van der Waals surface area contributed by atoms with Gasteiger partial charge in [0.2, 0.25) is 5.91 Å². The van der Waals surface area contributed by atoms with Gasteiger partial charge in [-0.25, -0.2) is 0 Å². The minimum Gasteiger partial charge on any atom is -0.480 e. The van der Waals surface area contributed by atoms with Crippen LogP contribution >= 0.6 is 0 Å². The van der Waals surface area contributed by atoms with Crippen LogP contribution in [-0.2, 0) is 11.3 Å². The number of aryl methyl sites for hydroxylation is 1. The summed E-state index contributed by atoms with van der Waals surface area (Å²) >= 11 is 0. The SMILES string of the molecule is Cc1cc(C(N)=O)ccc1CN1CCC(C)C1C(=O)O. The molecule has 1 aliphatic rings. The predicted octanol–water partition coefficient (Wildman–Crippen LogP) is 1.39. The molecule has 1 fully saturated rings. The molecule has 0 radical (unpaired) electrons. The number of likely N-dealkylation sites (tertiary alicyclic amines) is 1. The molecule has 1 amide bonds. The summed E-state index contributed by atoms with van der Waals surface area (Å²) in [6.07, 6.45) is 0.898. The zero-order valence-electron chi connectivity index (χ0n) is 11.8. The van der Waals surface area contributed by atoms with Crippen molar-refractivity contribution in [1.29, 1.82) is 0 Å². The van der Waals surface area contributed by atoms with Crippen molar-refractivity contribution < 1.29 is 14.7 Å². The number of nitrogens with two attached hydrogens (primary N) is 1. The van der Waals surface area contributed by atoms with Gasteiger partial charge in [0.05, 0.1) is 0 Å². The number of rotatable bonds is 4. The van der Waals surface area contributed by atoms with Crippen molar-refractivity contribution in [1.82, 2.24) is 4.90 Å². The summed E-state index contributed by atoms with van der Waals surface area (Å²) in [6.45, 7) is 5.26. The highest BCUT2D eigenvalue weighted by atomic mass is 16.4. The van der Waals surface area contributed by atoms with Gasteiger partial charge in [0.25, 0.3) is 0 Å². The maximum atomic E-state index is 11.3.